The molecule has 0 spiro atoms. The van der Waals surface area contributed by atoms with Crippen LogP contribution in [0.4, 0.5) is 0 Å². The first-order valence-electron chi connectivity index (χ1n) is 3.24. The molecule has 6 heteroatoms. The molecule has 0 fully saturated rings. The minimum absolute atomic E-state index is 0. The maximum absolute atomic E-state index is 10.4. The first kappa shape index (κ1) is 13.0. The summed E-state index contributed by atoms with van der Waals surface area (Å²) in [6.07, 6.45) is 0. The fourth-order valence-electron chi connectivity index (χ4n) is 0.863. The summed E-state index contributed by atoms with van der Waals surface area (Å²) in [5.74, 6) is -3.17. The number of carbonyl (C=O) groups is 2. The van der Waals surface area contributed by atoms with Gasteiger partial charge in [0, 0.05) is 16.1 Å². The Labute approximate surface area is 95.0 Å². The van der Waals surface area contributed by atoms with Gasteiger partial charge in [0.2, 0.25) is 0 Å². The molecule has 0 aliphatic rings. The van der Waals surface area contributed by atoms with E-state index in [4.69, 9.17) is 11.6 Å². The molecular weight excluding hydrogens is 259 g/mol. The molecule has 0 aliphatic carbocycles. The Bertz CT molecular complexity index is 378. The first-order chi connectivity index (χ1) is 6.02. The van der Waals surface area contributed by atoms with E-state index in [0.717, 1.165) is 12.1 Å². The Morgan fingerprint density at radius 3 is 2.00 bits per heavy atom. The number of rotatable bonds is 2. The summed E-state index contributed by atoms with van der Waals surface area (Å²) in [6.45, 7) is 0. The monoisotopic (exact) mass is 261 g/mol. The Kier molecular flexibility index (Phi) is 4.63. The molecule has 1 aromatic rings. The van der Waals surface area contributed by atoms with Crippen LogP contribution >= 0.6 is 11.6 Å². The van der Waals surface area contributed by atoms with Crippen LogP contribution in [0.2, 0.25) is 5.02 Å². The van der Waals surface area contributed by atoms with Crippen LogP contribution in [-0.2, 0) is 17.1 Å². The van der Waals surface area contributed by atoms with Crippen molar-refractivity contribution >= 4 is 23.5 Å². The van der Waals surface area contributed by atoms with Gasteiger partial charge in [0.15, 0.2) is 0 Å². The molecule has 0 saturated heterocycles. The third-order valence-corrected chi connectivity index (χ3v) is 1.66. The van der Waals surface area contributed by atoms with Gasteiger partial charge >= 0.3 is 17.1 Å². The largest absolute Gasteiger partial charge is 2.00 e. The van der Waals surface area contributed by atoms with Gasteiger partial charge in [-0.15, -0.1) is 0 Å². The Balaban J connectivity index is 0.00000169. The second kappa shape index (κ2) is 5.00. The van der Waals surface area contributed by atoms with E-state index in [1.807, 2.05) is 0 Å². The van der Waals surface area contributed by atoms with Crippen molar-refractivity contribution in [3.8, 4) is 0 Å². The van der Waals surface area contributed by atoms with Gasteiger partial charge in [-0.05, 0) is 12.1 Å². The summed E-state index contributed by atoms with van der Waals surface area (Å²) in [6, 6.07) is 3.32. The van der Waals surface area contributed by atoms with Crippen LogP contribution < -0.4 is 10.2 Å². The third kappa shape index (κ3) is 2.73. The van der Waals surface area contributed by atoms with Gasteiger partial charge in [0.05, 0.1) is 11.9 Å². The molecule has 4 nitrogen and oxygen atoms in total. The molecule has 0 atom stereocenters. The van der Waals surface area contributed by atoms with E-state index in [0.29, 0.717) is 0 Å². The van der Waals surface area contributed by atoms with E-state index >= 15 is 0 Å². The number of carboxylic acids is 2. The number of hydrogen-bond donors (Lipinski definition) is 0. The normalized spacial score (nSPS) is 8.93. The number of aromatic carboxylic acids is 2. The van der Waals surface area contributed by atoms with Crippen molar-refractivity contribution in [3.63, 3.8) is 0 Å². The van der Waals surface area contributed by atoms with Gasteiger partial charge in [0.25, 0.3) is 0 Å². The van der Waals surface area contributed by atoms with Crippen LogP contribution in [0.15, 0.2) is 18.2 Å². The molecule has 77 valence electrons. The standard InChI is InChI=1S/C8H5ClO4.Cu/c9-4-1-2-5(7(10)11)6(3-4)8(12)13;/h1-3H,(H,10,11)(H,12,13);/q;+2/p-2. The predicted octanol–water partition coefficient (Wildman–Crippen LogP) is -0.936. The second-order valence-electron chi connectivity index (χ2n) is 2.26. The van der Waals surface area contributed by atoms with Crippen molar-refractivity contribution in [2.75, 3.05) is 0 Å². The minimum Gasteiger partial charge on any atom is -0.545 e. The zero-order valence-corrected chi connectivity index (χ0v) is 8.24. The number of carbonyl (C=O) groups excluding carboxylic acids is 2. The summed E-state index contributed by atoms with van der Waals surface area (Å²) in [4.78, 5) is 20.8. The summed E-state index contributed by atoms with van der Waals surface area (Å²) < 4.78 is 0. The maximum atomic E-state index is 10.4. The van der Waals surface area contributed by atoms with E-state index in [1.54, 1.807) is 0 Å². The zero-order valence-electron chi connectivity index (χ0n) is 6.54. The zero-order chi connectivity index (χ0) is 10.0. The average Bonchev–Trinajstić information content (AvgIpc) is 2.03. The van der Waals surface area contributed by atoms with Crippen molar-refractivity contribution < 1.29 is 36.9 Å². The van der Waals surface area contributed by atoms with Crippen molar-refractivity contribution in [1.29, 1.82) is 0 Å². The summed E-state index contributed by atoms with van der Waals surface area (Å²) >= 11 is 5.46. The molecule has 0 aliphatic heterocycles. The molecule has 0 heterocycles. The van der Waals surface area contributed by atoms with Crippen molar-refractivity contribution in [2.24, 2.45) is 0 Å². The molecule has 0 amide bonds. The quantitative estimate of drug-likeness (QED) is 0.644. The topological polar surface area (TPSA) is 80.3 Å². The molecule has 14 heavy (non-hydrogen) atoms. The number of carboxylic acid groups (broad SMARTS) is 2. The van der Waals surface area contributed by atoms with Crippen LogP contribution in [-0.4, -0.2) is 11.9 Å². The Hall–Kier alpha value is -1.03. The van der Waals surface area contributed by atoms with E-state index in [2.05, 4.69) is 0 Å². The third-order valence-electron chi connectivity index (χ3n) is 1.42. The maximum Gasteiger partial charge on any atom is 2.00 e. The minimum atomic E-state index is -1.60. The van der Waals surface area contributed by atoms with E-state index in [1.165, 1.54) is 6.07 Å². The molecule has 1 rings (SSSR count). The number of hydrogen-bond acceptors (Lipinski definition) is 4. The van der Waals surface area contributed by atoms with Gasteiger partial charge < -0.3 is 19.8 Å². The fourth-order valence-corrected chi connectivity index (χ4v) is 1.04. The van der Waals surface area contributed by atoms with Gasteiger partial charge in [0.1, 0.15) is 0 Å². The summed E-state index contributed by atoms with van der Waals surface area (Å²) in [7, 11) is 0. The van der Waals surface area contributed by atoms with Crippen molar-refractivity contribution in [3.05, 3.63) is 34.3 Å². The number of halogens is 1. The fraction of sp³-hybridized carbons (Fsp3) is 0. The molecule has 0 saturated carbocycles. The van der Waals surface area contributed by atoms with Crippen LogP contribution in [0.1, 0.15) is 20.7 Å². The van der Waals surface area contributed by atoms with Gasteiger partial charge in [-0.25, -0.2) is 0 Å². The summed E-state index contributed by atoms with van der Waals surface area (Å²) in [5.41, 5.74) is -0.920. The molecule has 0 aromatic heterocycles. The van der Waals surface area contributed by atoms with Crippen molar-refractivity contribution in [2.45, 2.75) is 0 Å². The van der Waals surface area contributed by atoms with E-state index in [-0.39, 0.29) is 22.1 Å². The number of benzene rings is 1. The van der Waals surface area contributed by atoms with Crippen LogP contribution in [0.25, 0.3) is 0 Å². The molecule has 0 N–H and O–H groups in total. The van der Waals surface area contributed by atoms with Crippen LogP contribution in [0.5, 0.6) is 0 Å². The first-order valence-corrected chi connectivity index (χ1v) is 3.62. The van der Waals surface area contributed by atoms with E-state index in [9.17, 15) is 19.8 Å². The van der Waals surface area contributed by atoms with E-state index < -0.39 is 23.1 Å². The molecular formula is C8H3ClCuO4. The SMILES string of the molecule is O=C([O-])c1ccc(Cl)cc1C(=O)[O-].[Cu+2]. The molecule has 1 aromatic carbocycles. The van der Waals surface area contributed by atoms with Crippen molar-refractivity contribution in [1.82, 2.24) is 0 Å². The van der Waals surface area contributed by atoms with Crippen LogP contribution in [0.3, 0.4) is 0 Å². The van der Waals surface area contributed by atoms with Gasteiger partial charge in [-0.1, -0.05) is 17.7 Å². The van der Waals surface area contributed by atoms with Gasteiger partial charge in [-0.3, -0.25) is 0 Å². The molecule has 0 bridgehead atoms. The predicted molar refractivity (Wildman–Crippen MR) is 40.1 cm³/mol. The molecule has 1 radical (unpaired) electrons. The Morgan fingerprint density at radius 2 is 1.57 bits per heavy atom. The average molecular weight is 262 g/mol. The second-order valence-corrected chi connectivity index (χ2v) is 2.70. The smallest absolute Gasteiger partial charge is 0.545 e. The Morgan fingerprint density at radius 1 is 1.07 bits per heavy atom. The van der Waals surface area contributed by atoms with Crippen LogP contribution in [0, 0.1) is 0 Å². The van der Waals surface area contributed by atoms with Gasteiger partial charge in [-0.2, -0.15) is 0 Å². The summed E-state index contributed by atoms with van der Waals surface area (Å²) in [5, 5.41) is 20.9. The molecule has 0 unspecified atom stereocenters.